The van der Waals surface area contributed by atoms with E-state index in [2.05, 4.69) is 19.2 Å². The van der Waals surface area contributed by atoms with Gasteiger partial charge in [0, 0.05) is 16.3 Å². The number of hydrogen-bond donors (Lipinski definition) is 2. The van der Waals surface area contributed by atoms with Crippen molar-refractivity contribution in [2.75, 3.05) is 7.05 Å². The smallest absolute Gasteiger partial charge is 0.416 e. The number of thiophene rings is 1. The standard InChI is InChI=1S/C20H22F3NO2S/c1-19(2)7-6-15-14(9-19)16(18(25)26)17(27-15)13-5-4-12(20(21,22)23)8-11(13)10-24-3/h4-5,8,24H,6-7,9-10H2,1-3H3,(H,25,26). The van der Waals surface area contributed by atoms with Gasteiger partial charge in [0.25, 0.3) is 0 Å². The van der Waals surface area contributed by atoms with Crippen LogP contribution in [-0.4, -0.2) is 18.1 Å². The molecule has 1 aliphatic rings. The fourth-order valence-electron chi connectivity index (χ4n) is 3.66. The van der Waals surface area contributed by atoms with Crippen LogP contribution in [0.5, 0.6) is 0 Å². The number of aryl methyl sites for hydroxylation is 1. The number of carbonyl (C=O) groups is 1. The van der Waals surface area contributed by atoms with Gasteiger partial charge in [0.1, 0.15) is 0 Å². The molecule has 0 radical (unpaired) electrons. The average Bonchev–Trinajstić information content (AvgIpc) is 2.91. The van der Waals surface area contributed by atoms with Crippen molar-refractivity contribution in [3.05, 3.63) is 45.3 Å². The van der Waals surface area contributed by atoms with Gasteiger partial charge < -0.3 is 10.4 Å². The molecule has 0 saturated carbocycles. The van der Waals surface area contributed by atoms with Crippen LogP contribution in [0.2, 0.25) is 0 Å². The summed E-state index contributed by atoms with van der Waals surface area (Å²) >= 11 is 1.41. The fraction of sp³-hybridized carbons (Fsp3) is 0.450. The van der Waals surface area contributed by atoms with Gasteiger partial charge in [-0.3, -0.25) is 0 Å². The van der Waals surface area contributed by atoms with Crippen LogP contribution in [0.15, 0.2) is 18.2 Å². The Bertz CT molecular complexity index is 884. The topological polar surface area (TPSA) is 49.3 Å². The molecule has 0 aliphatic heterocycles. The van der Waals surface area contributed by atoms with Gasteiger partial charge in [-0.2, -0.15) is 13.2 Å². The number of benzene rings is 1. The Morgan fingerprint density at radius 2 is 2.04 bits per heavy atom. The lowest BCUT2D eigenvalue weighted by Crippen LogP contribution is -2.22. The van der Waals surface area contributed by atoms with Gasteiger partial charge in [0.15, 0.2) is 0 Å². The summed E-state index contributed by atoms with van der Waals surface area (Å²) in [6.45, 7) is 4.46. The molecule has 1 aliphatic carbocycles. The zero-order valence-corrected chi connectivity index (χ0v) is 16.3. The van der Waals surface area contributed by atoms with E-state index in [4.69, 9.17) is 0 Å². The number of aromatic carboxylic acids is 1. The summed E-state index contributed by atoms with van der Waals surface area (Å²) < 4.78 is 39.3. The first-order valence-electron chi connectivity index (χ1n) is 8.76. The Kier molecular flexibility index (Phi) is 5.12. The minimum atomic E-state index is -4.44. The zero-order valence-electron chi connectivity index (χ0n) is 15.5. The van der Waals surface area contributed by atoms with E-state index in [1.165, 1.54) is 17.4 Å². The molecule has 146 valence electrons. The number of rotatable bonds is 4. The molecule has 0 bridgehead atoms. The molecule has 2 N–H and O–H groups in total. The third-order valence-corrected chi connectivity index (χ3v) is 6.36. The summed E-state index contributed by atoms with van der Waals surface area (Å²) in [5.74, 6) is -1.02. The largest absolute Gasteiger partial charge is 0.478 e. The molecular weight excluding hydrogens is 375 g/mol. The van der Waals surface area contributed by atoms with Crippen molar-refractivity contribution < 1.29 is 23.1 Å². The number of halogens is 3. The third-order valence-electron chi connectivity index (χ3n) is 5.03. The molecule has 0 unspecified atom stereocenters. The van der Waals surface area contributed by atoms with Crippen molar-refractivity contribution >= 4 is 17.3 Å². The summed E-state index contributed by atoms with van der Waals surface area (Å²) in [5.41, 5.74) is 1.40. The van der Waals surface area contributed by atoms with E-state index in [1.807, 2.05) is 0 Å². The normalized spacial score (nSPS) is 16.2. The molecule has 0 fully saturated rings. The van der Waals surface area contributed by atoms with Gasteiger partial charge in [0.2, 0.25) is 0 Å². The van der Waals surface area contributed by atoms with Gasteiger partial charge in [-0.05, 0) is 60.5 Å². The Morgan fingerprint density at radius 3 is 2.63 bits per heavy atom. The van der Waals surface area contributed by atoms with Crippen LogP contribution in [0.3, 0.4) is 0 Å². The summed E-state index contributed by atoms with van der Waals surface area (Å²) in [5, 5.41) is 12.7. The van der Waals surface area contributed by atoms with Crippen LogP contribution in [0.25, 0.3) is 10.4 Å². The first-order chi connectivity index (χ1) is 12.5. The van der Waals surface area contributed by atoms with Crippen molar-refractivity contribution in [3.8, 4) is 10.4 Å². The third kappa shape index (κ3) is 3.89. The van der Waals surface area contributed by atoms with E-state index < -0.39 is 17.7 Å². The van der Waals surface area contributed by atoms with Gasteiger partial charge in [-0.15, -0.1) is 11.3 Å². The maximum absolute atomic E-state index is 13.1. The summed E-state index contributed by atoms with van der Waals surface area (Å²) in [7, 11) is 1.66. The molecule has 3 nitrogen and oxygen atoms in total. The van der Waals surface area contributed by atoms with E-state index in [1.54, 1.807) is 7.05 Å². The SMILES string of the molecule is CNCc1cc(C(F)(F)F)ccc1-c1sc2c(c1C(=O)O)CC(C)(C)CC2. The number of alkyl halides is 3. The Labute approximate surface area is 160 Å². The van der Waals surface area contributed by atoms with E-state index in [-0.39, 0.29) is 17.5 Å². The van der Waals surface area contributed by atoms with Crippen LogP contribution < -0.4 is 5.32 Å². The maximum atomic E-state index is 13.1. The lowest BCUT2D eigenvalue weighted by atomic mass is 9.76. The first-order valence-corrected chi connectivity index (χ1v) is 9.58. The van der Waals surface area contributed by atoms with Crippen molar-refractivity contribution in [2.45, 2.75) is 45.8 Å². The molecule has 0 spiro atoms. The predicted molar refractivity (Wildman–Crippen MR) is 100 cm³/mol. The molecule has 0 saturated heterocycles. The van der Waals surface area contributed by atoms with E-state index in [9.17, 15) is 23.1 Å². The molecule has 1 heterocycles. The monoisotopic (exact) mass is 397 g/mol. The van der Waals surface area contributed by atoms with Crippen molar-refractivity contribution in [3.63, 3.8) is 0 Å². The molecule has 1 aromatic heterocycles. The van der Waals surface area contributed by atoms with E-state index >= 15 is 0 Å². The number of carboxylic acids is 1. The van der Waals surface area contributed by atoms with Gasteiger partial charge in [0.05, 0.1) is 11.1 Å². The second-order valence-corrected chi connectivity index (χ2v) is 8.86. The Hall–Kier alpha value is -1.86. The Balaban J connectivity index is 2.19. The first kappa shape index (κ1) is 19.9. The minimum absolute atomic E-state index is 0.0174. The van der Waals surface area contributed by atoms with E-state index in [0.29, 0.717) is 22.4 Å². The van der Waals surface area contributed by atoms with Gasteiger partial charge in [-0.1, -0.05) is 19.9 Å². The minimum Gasteiger partial charge on any atom is -0.478 e. The predicted octanol–water partition coefficient (Wildman–Crippen LogP) is 5.37. The highest BCUT2D eigenvalue weighted by atomic mass is 32.1. The van der Waals surface area contributed by atoms with E-state index in [0.717, 1.165) is 35.4 Å². The molecule has 2 aromatic rings. The molecular formula is C20H22F3NO2S. The number of nitrogens with one attached hydrogen (secondary N) is 1. The van der Waals surface area contributed by atoms with Gasteiger partial charge in [-0.25, -0.2) is 4.79 Å². The fourth-order valence-corrected chi connectivity index (χ4v) is 5.03. The average molecular weight is 397 g/mol. The lowest BCUT2D eigenvalue weighted by molar-refractivity contribution is -0.137. The highest BCUT2D eigenvalue weighted by Crippen LogP contribution is 2.46. The summed E-state index contributed by atoms with van der Waals surface area (Å²) in [6, 6.07) is 3.55. The van der Waals surface area contributed by atoms with Crippen LogP contribution >= 0.6 is 11.3 Å². The molecule has 1 aromatic carbocycles. The molecule has 0 amide bonds. The van der Waals surface area contributed by atoms with Crippen molar-refractivity contribution in [1.82, 2.24) is 5.32 Å². The zero-order chi connectivity index (χ0) is 20.0. The summed E-state index contributed by atoms with van der Waals surface area (Å²) in [6.07, 6.45) is -2.00. The molecule has 0 atom stereocenters. The summed E-state index contributed by atoms with van der Waals surface area (Å²) in [4.78, 5) is 13.6. The van der Waals surface area contributed by atoms with Crippen LogP contribution in [0.1, 0.15) is 52.2 Å². The van der Waals surface area contributed by atoms with Crippen LogP contribution in [0.4, 0.5) is 13.2 Å². The number of hydrogen-bond acceptors (Lipinski definition) is 3. The van der Waals surface area contributed by atoms with Crippen LogP contribution in [-0.2, 0) is 25.6 Å². The molecule has 7 heteroatoms. The lowest BCUT2D eigenvalue weighted by Gasteiger charge is -2.29. The van der Waals surface area contributed by atoms with Crippen molar-refractivity contribution in [2.24, 2.45) is 5.41 Å². The number of fused-ring (bicyclic) bond motifs is 1. The maximum Gasteiger partial charge on any atom is 0.416 e. The quantitative estimate of drug-likeness (QED) is 0.730. The highest BCUT2D eigenvalue weighted by molar-refractivity contribution is 7.16. The van der Waals surface area contributed by atoms with Crippen molar-refractivity contribution in [1.29, 1.82) is 0 Å². The van der Waals surface area contributed by atoms with Crippen LogP contribution in [0, 0.1) is 5.41 Å². The van der Waals surface area contributed by atoms with Gasteiger partial charge >= 0.3 is 12.1 Å². The number of carboxylic acid groups (broad SMARTS) is 1. The molecule has 3 rings (SSSR count). The Morgan fingerprint density at radius 1 is 1.33 bits per heavy atom. The highest BCUT2D eigenvalue weighted by Gasteiger charge is 2.35. The second kappa shape index (κ2) is 6.95. The second-order valence-electron chi connectivity index (χ2n) is 7.75. The molecule has 27 heavy (non-hydrogen) atoms.